The number of phenols is 1. The van der Waals surface area contributed by atoms with E-state index in [1.165, 1.54) is 19.4 Å². The van der Waals surface area contributed by atoms with Crippen LogP contribution in [0.5, 0.6) is 11.5 Å². The first-order valence-corrected chi connectivity index (χ1v) is 8.01. The van der Waals surface area contributed by atoms with Crippen molar-refractivity contribution in [3.8, 4) is 11.5 Å². The molecule has 130 valence electrons. The third-order valence-electron chi connectivity index (χ3n) is 3.05. The van der Waals surface area contributed by atoms with Crippen molar-refractivity contribution in [2.75, 3.05) is 12.4 Å². The average Bonchev–Trinajstić information content (AvgIpc) is 2.58. The largest absolute Gasteiger partial charge is 0.507 e. The van der Waals surface area contributed by atoms with Crippen LogP contribution in [0.1, 0.15) is 12.0 Å². The topological polar surface area (TPSA) is 100 Å². The van der Waals surface area contributed by atoms with E-state index in [1.807, 2.05) is 0 Å². The molecule has 0 aliphatic heterocycles. The number of hydrazone groups is 1. The van der Waals surface area contributed by atoms with E-state index in [1.54, 1.807) is 36.4 Å². The summed E-state index contributed by atoms with van der Waals surface area (Å²) < 4.78 is 5.57. The van der Waals surface area contributed by atoms with Crippen molar-refractivity contribution in [2.24, 2.45) is 5.10 Å². The lowest BCUT2D eigenvalue weighted by atomic mass is 10.2. The van der Waals surface area contributed by atoms with Gasteiger partial charge in [0.2, 0.25) is 11.8 Å². The van der Waals surface area contributed by atoms with Crippen LogP contribution in [0.2, 0.25) is 0 Å². The Morgan fingerprint density at radius 2 is 2.04 bits per heavy atom. The zero-order chi connectivity index (χ0) is 18.2. The summed E-state index contributed by atoms with van der Waals surface area (Å²) in [4.78, 5) is 23.6. The van der Waals surface area contributed by atoms with Crippen LogP contribution in [0.3, 0.4) is 0 Å². The van der Waals surface area contributed by atoms with Gasteiger partial charge in [0.05, 0.1) is 17.8 Å². The summed E-state index contributed by atoms with van der Waals surface area (Å²) in [5.41, 5.74) is 3.48. The molecular weight excluding hydrogens is 390 g/mol. The second-order valence-electron chi connectivity index (χ2n) is 4.96. The normalized spacial score (nSPS) is 10.5. The number of nitrogens with zero attached hydrogens (tertiary/aromatic N) is 1. The number of ether oxygens (including phenoxy) is 1. The zero-order valence-electron chi connectivity index (χ0n) is 13.3. The number of hydrogen-bond donors (Lipinski definition) is 3. The molecule has 0 aliphatic carbocycles. The molecule has 0 heterocycles. The summed E-state index contributed by atoms with van der Waals surface area (Å²) in [6.07, 6.45) is 1.04. The quantitative estimate of drug-likeness (QED) is 0.390. The predicted octanol–water partition coefficient (Wildman–Crippen LogP) is 2.64. The van der Waals surface area contributed by atoms with Crippen LogP contribution in [-0.4, -0.2) is 30.2 Å². The van der Waals surface area contributed by atoms with Crippen molar-refractivity contribution in [1.82, 2.24) is 5.43 Å². The lowest BCUT2D eigenvalue weighted by molar-refractivity contribution is -0.126. The second kappa shape index (κ2) is 8.84. The Labute approximate surface area is 152 Å². The number of amides is 2. The first-order chi connectivity index (χ1) is 12.0. The van der Waals surface area contributed by atoms with Gasteiger partial charge in [-0.25, -0.2) is 5.43 Å². The van der Waals surface area contributed by atoms with Gasteiger partial charge in [-0.2, -0.15) is 5.10 Å². The van der Waals surface area contributed by atoms with E-state index in [9.17, 15) is 14.7 Å². The highest BCUT2D eigenvalue weighted by atomic mass is 79.9. The molecule has 0 saturated heterocycles. The lowest BCUT2D eigenvalue weighted by Gasteiger charge is -2.06. The van der Waals surface area contributed by atoms with Crippen LogP contribution in [-0.2, 0) is 9.59 Å². The molecule has 2 amide bonds. The molecule has 2 aromatic carbocycles. The van der Waals surface area contributed by atoms with Gasteiger partial charge in [-0.1, -0.05) is 6.07 Å². The average molecular weight is 406 g/mol. The van der Waals surface area contributed by atoms with Crippen molar-refractivity contribution < 1.29 is 19.4 Å². The lowest BCUT2D eigenvalue weighted by Crippen LogP contribution is -2.24. The number of methoxy groups -OCH3 is 1. The summed E-state index contributed by atoms with van der Waals surface area (Å²) >= 11 is 3.18. The number of benzene rings is 2. The number of carbonyl (C=O) groups is 2. The molecule has 0 bridgehead atoms. The minimum absolute atomic E-state index is 0.107. The molecule has 0 fully saturated rings. The molecule has 0 atom stereocenters. The fraction of sp³-hybridized carbons (Fsp3) is 0.118. The van der Waals surface area contributed by atoms with Crippen molar-refractivity contribution in [3.05, 3.63) is 52.5 Å². The number of anilines is 1. The number of halogens is 1. The summed E-state index contributed by atoms with van der Waals surface area (Å²) in [7, 11) is 1.53. The molecule has 0 aliphatic rings. The first kappa shape index (κ1) is 18.5. The van der Waals surface area contributed by atoms with Gasteiger partial charge in [0.1, 0.15) is 17.9 Å². The summed E-state index contributed by atoms with van der Waals surface area (Å²) in [5.74, 6) is -0.301. The smallest absolute Gasteiger partial charge is 0.249 e. The van der Waals surface area contributed by atoms with Crippen LogP contribution < -0.4 is 15.5 Å². The van der Waals surface area contributed by atoms with Crippen molar-refractivity contribution in [3.63, 3.8) is 0 Å². The second-order valence-corrected chi connectivity index (χ2v) is 5.82. The summed E-state index contributed by atoms with van der Waals surface area (Å²) in [5, 5.41) is 15.8. The van der Waals surface area contributed by atoms with Crippen molar-refractivity contribution >= 4 is 39.6 Å². The Hall–Kier alpha value is -2.87. The molecule has 3 N–H and O–H groups in total. The molecule has 8 heteroatoms. The third kappa shape index (κ3) is 5.92. The van der Waals surface area contributed by atoms with Crippen LogP contribution in [0.4, 0.5) is 5.69 Å². The monoisotopic (exact) mass is 405 g/mol. The Bertz CT molecular complexity index is 808. The van der Waals surface area contributed by atoms with E-state index < -0.39 is 11.8 Å². The van der Waals surface area contributed by atoms with Gasteiger partial charge in [0.15, 0.2) is 0 Å². The standard InChI is InChI=1S/C17H16BrN3O4/c1-25-13-4-2-3-12(8-13)20-16(23)9-17(24)21-19-10-11-5-6-15(22)14(18)7-11/h2-8,10,22H,9H2,1H3,(H,20,23)(H,21,24). The fourth-order valence-electron chi connectivity index (χ4n) is 1.87. The molecule has 25 heavy (non-hydrogen) atoms. The Morgan fingerprint density at radius 3 is 2.76 bits per heavy atom. The van der Waals surface area contributed by atoms with E-state index in [2.05, 4.69) is 31.8 Å². The highest BCUT2D eigenvalue weighted by Crippen LogP contribution is 2.23. The number of aromatic hydroxyl groups is 1. The van der Waals surface area contributed by atoms with Crippen LogP contribution in [0, 0.1) is 0 Å². The zero-order valence-corrected chi connectivity index (χ0v) is 14.9. The molecule has 2 rings (SSSR count). The SMILES string of the molecule is COc1cccc(NC(=O)CC(=O)NN=Cc2ccc(O)c(Br)c2)c1. The molecule has 0 saturated carbocycles. The van der Waals surface area contributed by atoms with Gasteiger partial charge in [0.25, 0.3) is 0 Å². The molecule has 2 aromatic rings. The van der Waals surface area contributed by atoms with Crippen molar-refractivity contribution in [1.29, 1.82) is 0 Å². The van der Waals surface area contributed by atoms with Crippen LogP contribution in [0.25, 0.3) is 0 Å². The first-order valence-electron chi connectivity index (χ1n) is 7.22. The maximum Gasteiger partial charge on any atom is 0.249 e. The number of rotatable bonds is 6. The Morgan fingerprint density at radius 1 is 1.24 bits per heavy atom. The van der Waals surface area contributed by atoms with Gasteiger partial charge in [-0.05, 0) is 51.8 Å². The molecule has 7 nitrogen and oxygen atoms in total. The molecule has 0 radical (unpaired) electrons. The van der Waals surface area contributed by atoms with E-state index in [4.69, 9.17) is 4.74 Å². The number of hydrogen-bond acceptors (Lipinski definition) is 5. The fourth-order valence-corrected chi connectivity index (χ4v) is 2.27. The van der Waals surface area contributed by atoms with Gasteiger partial charge in [0, 0.05) is 11.8 Å². The van der Waals surface area contributed by atoms with Crippen molar-refractivity contribution in [2.45, 2.75) is 6.42 Å². The summed E-state index contributed by atoms with van der Waals surface area (Å²) in [6, 6.07) is 11.6. The minimum atomic E-state index is -0.547. The Kier molecular flexibility index (Phi) is 6.53. The van der Waals surface area contributed by atoms with Crippen LogP contribution in [0.15, 0.2) is 52.0 Å². The van der Waals surface area contributed by atoms with Gasteiger partial charge in [-0.3, -0.25) is 9.59 Å². The number of carbonyl (C=O) groups excluding carboxylic acids is 2. The maximum atomic E-state index is 11.8. The van der Waals surface area contributed by atoms with E-state index in [0.717, 1.165) is 0 Å². The van der Waals surface area contributed by atoms with Crippen LogP contribution >= 0.6 is 15.9 Å². The predicted molar refractivity (Wildman–Crippen MR) is 97.8 cm³/mol. The van der Waals surface area contributed by atoms with Gasteiger partial charge < -0.3 is 15.2 Å². The molecular formula is C17H16BrN3O4. The number of phenolic OH excluding ortho intramolecular Hbond substituents is 1. The molecule has 0 aromatic heterocycles. The maximum absolute atomic E-state index is 11.8. The third-order valence-corrected chi connectivity index (χ3v) is 3.68. The Balaban J connectivity index is 1.83. The van der Waals surface area contributed by atoms with E-state index >= 15 is 0 Å². The highest BCUT2D eigenvalue weighted by Gasteiger charge is 2.09. The van der Waals surface area contributed by atoms with E-state index in [0.29, 0.717) is 21.5 Å². The van der Waals surface area contributed by atoms with Gasteiger partial charge in [-0.15, -0.1) is 0 Å². The van der Waals surface area contributed by atoms with E-state index in [-0.39, 0.29) is 12.2 Å². The molecule has 0 spiro atoms. The minimum Gasteiger partial charge on any atom is -0.507 e. The van der Waals surface area contributed by atoms with Gasteiger partial charge >= 0.3 is 0 Å². The molecule has 0 unspecified atom stereocenters. The highest BCUT2D eigenvalue weighted by molar-refractivity contribution is 9.10. The number of nitrogens with one attached hydrogen (secondary N) is 2. The summed E-state index contributed by atoms with van der Waals surface area (Å²) in [6.45, 7) is 0.